The van der Waals surface area contributed by atoms with E-state index in [0.29, 0.717) is 5.52 Å². The molecule has 20 heavy (non-hydrogen) atoms. The average molecular weight is 286 g/mol. The molecule has 1 aromatic heterocycles. The fourth-order valence-electron chi connectivity index (χ4n) is 2.17. The summed E-state index contributed by atoms with van der Waals surface area (Å²) >= 11 is 1.55. The zero-order valence-corrected chi connectivity index (χ0v) is 11.7. The Balaban J connectivity index is 1.73. The maximum Gasteiger partial charge on any atom is 0.125 e. The van der Waals surface area contributed by atoms with E-state index < -0.39 is 0 Å². The lowest BCUT2D eigenvalue weighted by Crippen LogP contribution is -2.10. The lowest BCUT2D eigenvalue weighted by Gasteiger charge is -2.07. The van der Waals surface area contributed by atoms with Crippen molar-refractivity contribution in [2.45, 2.75) is 18.9 Å². The maximum atomic E-state index is 13.1. The second kappa shape index (κ2) is 5.69. The van der Waals surface area contributed by atoms with Gasteiger partial charge in [0.15, 0.2) is 0 Å². The second-order valence-corrected chi connectivity index (χ2v) is 5.86. The van der Waals surface area contributed by atoms with Crippen LogP contribution in [0.15, 0.2) is 48.5 Å². The first-order valence-corrected chi connectivity index (χ1v) is 7.39. The van der Waals surface area contributed by atoms with Gasteiger partial charge in [-0.25, -0.2) is 9.37 Å². The molecule has 0 aliphatic heterocycles. The minimum atomic E-state index is -0.257. The van der Waals surface area contributed by atoms with Gasteiger partial charge in [0.1, 0.15) is 10.8 Å². The molecule has 4 heteroatoms. The third-order valence-corrected chi connectivity index (χ3v) is 4.44. The first-order chi connectivity index (χ1) is 9.72. The Morgan fingerprint density at radius 1 is 1.15 bits per heavy atom. The van der Waals surface area contributed by atoms with Crippen molar-refractivity contribution in [3.8, 4) is 0 Å². The number of aromatic nitrogens is 1. The highest BCUT2D eigenvalue weighted by atomic mass is 32.1. The van der Waals surface area contributed by atoms with Gasteiger partial charge in [0.05, 0.1) is 16.3 Å². The van der Waals surface area contributed by atoms with Crippen molar-refractivity contribution in [1.82, 2.24) is 4.98 Å². The highest BCUT2D eigenvalue weighted by molar-refractivity contribution is 7.18. The van der Waals surface area contributed by atoms with Crippen LogP contribution < -0.4 is 5.73 Å². The third-order valence-electron chi connectivity index (χ3n) is 3.27. The van der Waals surface area contributed by atoms with Gasteiger partial charge in [-0.1, -0.05) is 30.3 Å². The van der Waals surface area contributed by atoms with Crippen molar-refractivity contribution in [3.63, 3.8) is 0 Å². The molecule has 0 bridgehead atoms. The van der Waals surface area contributed by atoms with Gasteiger partial charge in [-0.15, -0.1) is 11.3 Å². The summed E-state index contributed by atoms with van der Waals surface area (Å²) in [5.74, 6) is -0.257. The van der Waals surface area contributed by atoms with Gasteiger partial charge < -0.3 is 5.73 Å². The van der Waals surface area contributed by atoms with Crippen LogP contribution in [-0.4, -0.2) is 4.98 Å². The van der Waals surface area contributed by atoms with Gasteiger partial charge in [0.25, 0.3) is 0 Å². The normalized spacial score (nSPS) is 12.7. The van der Waals surface area contributed by atoms with Crippen LogP contribution in [0.4, 0.5) is 4.39 Å². The smallest absolute Gasteiger partial charge is 0.125 e. The van der Waals surface area contributed by atoms with E-state index in [1.165, 1.54) is 17.7 Å². The lowest BCUT2D eigenvalue weighted by atomic mass is 10.1. The molecule has 1 heterocycles. The molecule has 0 spiro atoms. The molecule has 2 N–H and O–H groups in total. The molecule has 0 aliphatic rings. The fraction of sp³-hybridized carbons (Fsp3) is 0.188. The van der Waals surface area contributed by atoms with Crippen molar-refractivity contribution < 1.29 is 4.39 Å². The quantitative estimate of drug-likeness (QED) is 0.785. The fourth-order valence-corrected chi connectivity index (χ4v) is 3.15. The number of hydrogen-bond donors (Lipinski definition) is 1. The largest absolute Gasteiger partial charge is 0.322 e. The Bertz CT molecular complexity index is 709. The molecule has 1 unspecified atom stereocenters. The number of halogens is 1. The van der Waals surface area contributed by atoms with Crippen LogP contribution in [0.3, 0.4) is 0 Å². The molecule has 1 atom stereocenters. The van der Waals surface area contributed by atoms with Crippen LogP contribution >= 0.6 is 11.3 Å². The van der Waals surface area contributed by atoms with Gasteiger partial charge in [-0.2, -0.15) is 0 Å². The van der Waals surface area contributed by atoms with E-state index in [2.05, 4.69) is 17.1 Å². The van der Waals surface area contributed by atoms with E-state index in [1.807, 2.05) is 18.2 Å². The number of thiazole rings is 1. The van der Waals surface area contributed by atoms with Gasteiger partial charge in [0, 0.05) is 6.07 Å². The molecule has 102 valence electrons. The van der Waals surface area contributed by atoms with Crippen LogP contribution in [0.1, 0.15) is 23.0 Å². The Labute approximate surface area is 121 Å². The Hall–Kier alpha value is -1.78. The molecule has 0 saturated heterocycles. The summed E-state index contributed by atoms with van der Waals surface area (Å²) < 4.78 is 14.1. The van der Waals surface area contributed by atoms with E-state index in [0.717, 1.165) is 22.5 Å². The number of fused-ring (bicyclic) bond motifs is 1. The van der Waals surface area contributed by atoms with E-state index in [4.69, 9.17) is 5.73 Å². The summed E-state index contributed by atoms with van der Waals surface area (Å²) in [5, 5.41) is 0.876. The topological polar surface area (TPSA) is 38.9 Å². The molecule has 0 radical (unpaired) electrons. The molecule has 0 fully saturated rings. The monoisotopic (exact) mass is 286 g/mol. The van der Waals surface area contributed by atoms with Crippen LogP contribution in [0, 0.1) is 5.82 Å². The third kappa shape index (κ3) is 2.86. The minimum Gasteiger partial charge on any atom is -0.322 e. The number of benzene rings is 2. The van der Waals surface area contributed by atoms with Crippen molar-refractivity contribution in [1.29, 1.82) is 0 Å². The van der Waals surface area contributed by atoms with E-state index >= 15 is 0 Å². The van der Waals surface area contributed by atoms with Gasteiger partial charge >= 0.3 is 0 Å². The number of nitrogens with zero attached hydrogens (tertiary/aromatic N) is 1. The summed E-state index contributed by atoms with van der Waals surface area (Å²) in [6, 6.07) is 14.8. The summed E-state index contributed by atoms with van der Waals surface area (Å²) in [7, 11) is 0. The summed E-state index contributed by atoms with van der Waals surface area (Å²) in [4.78, 5) is 4.44. The molecule has 3 rings (SSSR count). The minimum absolute atomic E-state index is 0.101. The first kappa shape index (κ1) is 13.2. The lowest BCUT2D eigenvalue weighted by molar-refractivity contribution is 0.629. The van der Waals surface area contributed by atoms with Crippen LogP contribution in [0.5, 0.6) is 0 Å². The second-order valence-electron chi connectivity index (χ2n) is 4.79. The van der Waals surface area contributed by atoms with E-state index in [1.54, 1.807) is 17.4 Å². The maximum absolute atomic E-state index is 13.1. The van der Waals surface area contributed by atoms with Crippen LogP contribution in [0.2, 0.25) is 0 Å². The van der Waals surface area contributed by atoms with Crippen molar-refractivity contribution in [2.24, 2.45) is 5.73 Å². The van der Waals surface area contributed by atoms with E-state index in [-0.39, 0.29) is 11.9 Å². The predicted molar refractivity (Wildman–Crippen MR) is 81.3 cm³/mol. The van der Waals surface area contributed by atoms with Crippen molar-refractivity contribution in [3.05, 3.63) is 64.9 Å². The van der Waals surface area contributed by atoms with Crippen LogP contribution in [-0.2, 0) is 6.42 Å². The molecule has 0 aliphatic carbocycles. The first-order valence-electron chi connectivity index (χ1n) is 6.58. The SMILES string of the molecule is NC(CCc1ccccc1)c1nc2cc(F)ccc2s1. The molecule has 0 saturated carbocycles. The van der Waals surface area contributed by atoms with Gasteiger partial charge in [-0.3, -0.25) is 0 Å². The van der Waals surface area contributed by atoms with Gasteiger partial charge in [0.2, 0.25) is 0 Å². The molecule has 2 nitrogen and oxygen atoms in total. The highest BCUT2D eigenvalue weighted by Crippen LogP contribution is 2.28. The summed E-state index contributed by atoms with van der Waals surface area (Å²) in [5.41, 5.74) is 8.17. The number of rotatable bonds is 4. The van der Waals surface area contributed by atoms with Crippen molar-refractivity contribution in [2.75, 3.05) is 0 Å². The molecular weight excluding hydrogens is 271 g/mol. The standard InChI is InChI=1S/C16H15FN2S/c17-12-7-9-15-14(10-12)19-16(20-15)13(18)8-6-11-4-2-1-3-5-11/h1-5,7,9-10,13H,6,8,18H2. The Kier molecular flexibility index (Phi) is 3.76. The average Bonchev–Trinajstić information content (AvgIpc) is 2.89. The van der Waals surface area contributed by atoms with Gasteiger partial charge in [-0.05, 0) is 30.5 Å². The number of hydrogen-bond acceptors (Lipinski definition) is 3. The molecule has 2 aromatic carbocycles. The zero-order valence-electron chi connectivity index (χ0n) is 10.9. The summed E-state index contributed by atoms with van der Waals surface area (Å²) in [6.45, 7) is 0. The van der Waals surface area contributed by atoms with Crippen LogP contribution in [0.25, 0.3) is 10.2 Å². The molecular formula is C16H15FN2S. The zero-order chi connectivity index (χ0) is 13.9. The summed E-state index contributed by atoms with van der Waals surface area (Å²) in [6.07, 6.45) is 1.76. The predicted octanol–water partition coefficient (Wildman–Crippen LogP) is 4.07. The van der Waals surface area contributed by atoms with Crippen molar-refractivity contribution >= 4 is 21.6 Å². The highest BCUT2D eigenvalue weighted by Gasteiger charge is 2.12. The van der Waals surface area contributed by atoms with E-state index in [9.17, 15) is 4.39 Å². The molecule has 3 aromatic rings. The Morgan fingerprint density at radius 3 is 2.75 bits per heavy atom. The number of nitrogens with two attached hydrogens (primary N) is 1. The molecule has 0 amide bonds. The Morgan fingerprint density at radius 2 is 1.95 bits per heavy atom. The number of aryl methyl sites for hydroxylation is 1.